The number of halogens is 1. The second-order valence-corrected chi connectivity index (χ2v) is 6.65. The van der Waals surface area contributed by atoms with Crippen LogP contribution in [0.5, 0.6) is 0 Å². The summed E-state index contributed by atoms with van der Waals surface area (Å²) < 4.78 is 6.64. The maximum absolute atomic E-state index is 12.7. The molecule has 1 heterocycles. The Bertz CT molecular complexity index is 737. The molecule has 0 aliphatic heterocycles. The van der Waals surface area contributed by atoms with Gasteiger partial charge in [-0.15, -0.1) is 0 Å². The summed E-state index contributed by atoms with van der Waals surface area (Å²) in [4.78, 5) is 26.1. The minimum absolute atomic E-state index is 0.0215. The van der Waals surface area contributed by atoms with Gasteiger partial charge in [-0.2, -0.15) is 0 Å². The lowest BCUT2D eigenvalue weighted by Gasteiger charge is -2.20. The van der Waals surface area contributed by atoms with Gasteiger partial charge in [0.05, 0.1) is 6.54 Å². The number of aryl methyl sites for hydroxylation is 1. The molecule has 0 aliphatic carbocycles. The molecule has 0 unspecified atom stereocenters. The lowest BCUT2D eigenvalue weighted by Crippen LogP contribution is -2.42. The lowest BCUT2D eigenvalue weighted by molar-refractivity contribution is -0.122. The Labute approximate surface area is 144 Å². The summed E-state index contributed by atoms with van der Waals surface area (Å²) in [5.74, 6) is -0.153. The third kappa shape index (κ3) is 3.93. The molecule has 0 bridgehead atoms. The summed E-state index contributed by atoms with van der Waals surface area (Å²) in [7, 11) is 0. The maximum Gasteiger partial charge on any atom is 0.290 e. The van der Waals surface area contributed by atoms with Crippen LogP contribution in [0.1, 0.15) is 36.9 Å². The smallest absolute Gasteiger partial charge is 0.290 e. The van der Waals surface area contributed by atoms with Gasteiger partial charge in [0.15, 0.2) is 5.76 Å². The average molecular weight is 381 g/mol. The molecular weight excluding hydrogens is 360 g/mol. The van der Waals surface area contributed by atoms with Crippen molar-refractivity contribution in [3.05, 3.63) is 34.0 Å². The number of rotatable bonds is 5. The summed E-state index contributed by atoms with van der Waals surface area (Å²) in [6.07, 6.45) is 0. The van der Waals surface area contributed by atoms with Crippen LogP contribution in [0.25, 0.3) is 11.0 Å². The first-order valence-corrected chi connectivity index (χ1v) is 8.40. The first-order chi connectivity index (χ1) is 10.8. The number of likely N-dealkylation sites (N-methyl/N-ethyl adjacent to an activating group) is 1. The number of nitrogens with one attached hydrogen (secondary N) is 1. The average Bonchev–Trinajstić information content (AvgIpc) is 2.80. The third-order valence-electron chi connectivity index (χ3n) is 3.55. The van der Waals surface area contributed by atoms with Gasteiger partial charge in [-0.3, -0.25) is 9.59 Å². The number of carbonyl (C=O) groups is 2. The topological polar surface area (TPSA) is 62.6 Å². The van der Waals surface area contributed by atoms with Crippen LogP contribution in [0.15, 0.2) is 27.1 Å². The molecule has 2 rings (SSSR count). The molecule has 1 aromatic carbocycles. The molecule has 6 heteroatoms. The zero-order chi connectivity index (χ0) is 17.1. The van der Waals surface area contributed by atoms with E-state index in [1.165, 1.54) is 4.90 Å². The van der Waals surface area contributed by atoms with Gasteiger partial charge in [0, 0.05) is 28.0 Å². The van der Waals surface area contributed by atoms with Crippen LogP contribution in [0, 0.1) is 6.92 Å². The maximum atomic E-state index is 12.7. The van der Waals surface area contributed by atoms with Gasteiger partial charge < -0.3 is 14.6 Å². The molecule has 0 spiro atoms. The molecule has 1 aromatic heterocycles. The number of benzene rings is 1. The number of nitrogens with zero attached hydrogens (tertiary/aromatic N) is 1. The fourth-order valence-corrected chi connectivity index (χ4v) is 2.77. The number of amides is 2. The molecule has 0 radical (unpaired) electrons. The van der Waals surface area contributed by atoms with E-state index in [0.29, 0.717) is 12.1 Å². The van der Waals surface area contributed by atoms with Gasteiger partial charge in [-0.25, -0.2) is 0 Å². The molecule has 124 valence electrons. The molecule has 0 saturated carbocycles. The molecular formula is C17H21BrN2O3. The van der Waals surface area contributed by atoms with Crippen LogP contribution >= 0.6 is 15.9 Å². The van der Waals surface area contributed by atoms with Crippen molar-refractivity contribution >= 4 is 38.7 Å². The van der Waals surface area contributed by atoms with E-state index in [4.69, 9.17) is 4.42 Å². The summed E-state index contributed by atoms with van der Waals surface area (Å²) in [5, 5.41) is 3.69. The van der Waals surface area contributed by atoms with Crippen LogP contribution in [-0.2, 0) is 4.79 Å². The molecule has 0 fully saturated rings. The van der Waals surface area contributed by atoms with Crippen molar-refractivity contribution in [3.8, 4) is 0 Å². The largest absolute Gasteiger partial charge is 0.451 e. The Hall–Kier alpha value is -1.82. The van der Waals surface area contributed by atoms with Crippen molar-refractivity contribution in [2.45, 2.75) is 33.7 Å². The van der Waals surface area contributed by atoms with Crippen LogP contribution in [0.4, 0.5) is 0 Å². The van der Waals surface area contributed by atoms with Crippen LogP contribution in [-0.4, -0.2) is 35.8 Å². The number of hydrogen-bond acceptors (Lipinski definition) is 3. The van der Waals surface area contributed by atoms with Crippen molar-refractivity contribution in [2.75, 3.05) is 13.1 Å². The Morgan fingerprint density at radius 2 is 2.04 bits per heavy atom. The standard InChI is InChI=1S/C17H21BrN2O3/c1-5-20(9-15(21)19-10(2)3)17(22)16-11(4)13-8-12(18)6-7-14(13)23-16/h6-8,10H,5,9H2,1-4H3,(H,19,21). The number of furan rings is 1. The molecule has 0 aliphatic rings. The van der Waals surface area contributed by atoms with E-state index in [2.05, 4.69) is 21.2 Å². The number of hydrogen-bond donors (Lipinski definition) is 1. The Balaban J connectivity index is 2.27. The summed E-state index contributed by atoms with van der Waals surface area (Å²) >= 11 is 3.42. The van der Waals surface area contributed by atoms with Crippen molar-refractivity contribution < 1.29 is 14.0 Å². The van der Waals surface area contributed by atoms with Gasteiger partial charge in [-0.1, -0.05) is 15.9 Å². The van der Waals surface area contributed by atoms with Crippen molar-refractivity contribution in [3.63, 3.8) is 0 Å². The van der Waals surface area contributed by atoms with Crippen molar-refractivity contribution in [1.82, 2.24) is 10.2 Å². The highest BCUT2D eigenvalue weighted by Gasteiger charge is 2.24. The van der Waals surface area contributed by atoms with E-state index in [9.17, 15) is 9.59 Å². The highest BCUT2D eigenvalue weighted by atomic mass is 79.9. The van der Waals surface area contributed by atoms with Crippen LogP contribution in [0.2, 0.25) is 0 Å². The predicted molar refractivity (Wildman–Crippen MR) is 93.5 cm³/mol. The van der Waals surface area contributed by atoms with E-state index < -0.39 is 0 Å². The minimum atomic E-state index is -0.267. The zero-order valence-corrected chi connectivity index (χ0v) is 15.4. The monoisotopic (exact) mass is 380 g/mol. The molecule has 2 aromatic rings. The highest BCUT2D eigenvalue weighted by Crippen LogP contribution is 2.28. The molecule has 23 heavy (non-hydrogen) atoms. The second-order valence-electron chi connectivity index (χ2n) is 5.74. The first kappa shape index (κ1) is 17.5. The summed E-state index contributed by atoms with van der Waals surface area (Å²) in [6.45, 7) is 7.93. The van der Waals surface area contributed by atoms with Crippen molar-refractivity contribution in [1.29, 1.82) is 0 Å². The van der Waals surface area contributed by atoms with Gasteiger partial charge in [0.1, 0.15) is 5.58 Å². The van der Waals surface area contributed by atoms with Gasteiger partial charge in [0.25, 0.3) is 5.91 Å². The summed E-state index contributed by atoms with van der Waals surface area (Å²) in [6, 6.07) is 5.66. The lowest BCUT2D eigenvalue weighted by atomic mass is 10.1. The Morgan fingerprint density at radius 1 is 1.35 bits per heavy atom. The zero-order valence-electron chi connectivity index (χ0n) is 13.8. The number of fused-ring (bicyclic) bond motifs is 1. The van der Waals surface area contributed by atoms with E-state index in [1.807, 2.05) is 45.9 Å². The van der Waals surface area contributed by atoms with E-state index in [-0.39, 0.29) is 30.2 Å². The second kappa shape index (κ2) is 7.17. The molecule has 0 saturated heterocycles. The Morgan fingerprint density at radius 3 is 2.65 bits per heavy atom. The SMILES string of the molecule is CCN(CC(=O)NC(C)C)C(=O)c1oc2ccc(Br)cc2c1C. The van der Waals surface area contributed by atoms with Crippen LogP contribution < -0.4 is 5.32 Å². The van der Waals surface area contributed by atoms with Crippen LogP contribution in [0.3, 0.4) is 0 Å². The van der Waals surface area contributed by atoms with Gasteiger partial charge >= 0.3 is 0 Å². The van der Waals surface area contributed by atoms with E-state index in [0.717, 1.165) is 15.4 Å². The highest BCUT2D eigenvalue weighted by molar-refractivity contribution is 9.10. The van der Waals surface area contributed by atoms with Gasteiger partial charge in [-0.05, 0) is 45.9 Å². The fraction of sp³-hybridized carbons (Fsp3) is 0.412. The number of carbonyl (C=O) groups excluding carboxylic acids is 2. The van der Waals surface area contributed by atoms with E-state index >= 15 is 0 Å². The molecule has 1 N–H and O–H groups in total. The predicted octanol–water partition coefficient (Wildman–Crippen LogP) is 3.49. The third-order valence-corrected chi connectivity index (χ3v) is 4.04. The molecule has 0 atom stereocenters. The quantitative estimate of drug-likeness (QED) is 0.863. The fourth-order valence-electron chi connectivity index (χ4n) is 2.41. The Kier molecular flexibility index (Phi) is 5.46. The normalized spacial score (nSPS) is 11.0. The summed E-state index contributed by atoms with van der Waals surface area (Å²) in [5.41, 5.74) is 1.45. The minimum Gasteiger partial charge on any atom is -0.451 e. The van der Waals surface area contributed by atoms with Crippen molar-refractivity contribution in [2.24, 2.45) is 0 Å². The van der Waals surface area contributed by atoms with E-state index in [1.54, 1.807) is 0 Å². The van der Waals surface area contributed by atoms with Gasteiger partial charge in [0.2, 0.25) is 5.91 Å². The first-order valence-electron chi connectivity index (χ1n) is 7.60. The molecule has 2 amide bonds. The molecule has 5 nitrogen and oxygen atoms in total.